The van der Waals surface area contributed by atoms with Gasteiger partial charge in [-0.2, -0.15) is 5.26 Å². The van der Waals surface area contributed by atoms with Gasteiger partial charge >= 0.3 is 5.97 Å². The molecule has 3 aromatic rings. The van der Waals surface area contributed by atoms with E-state index < -0.39 is 22.5 Å². The van der Waals surface area contributed by atoms with Crippen LogP contribution in [0.3, 0.4) is 0 Å². The predicted octanol–water partition coefficient (Wildman–Crippen LogP) is 5.02. The van der Waals surface area contributed by atoms with Gasteiger partial charge in [-0.1, -0.05) is 23.7 Å². The summed E-state index contributed by atoms with van der Waals surface area (Å²) in [5.74, 6) is -0.524. The molecule has 0 aliphatic carbocycles. The quantitative estimate of drug-likeness (QED) is 0.126. The van der Waals surface area contributed by atoms with E-state index in [-0.39, 0.29) is 22.0 Å². The molecule has 0 radical (unpaired) electrons. The fourth-order valence-electron chi connectivity index (χ4n) is 2.79. The number of benzene rings is 3. The highest BCUT2D eigenvalue weighted by Gasteiger charge is 2.18. The molecule has 0 saturated heterocycles. The molecule has 170 valence electrons. The van der Waals surface area contributed by atoms with Gasteiger partial charge in [0.1, 0.15) is 28.8 Å². The van der Waals surface area contributed by atoms with E-state index in [0.717, 1.165) is 6.07 Å². The maximum absolute atomic E-state index is 12.5. The molecule has 0 aliphatic rings. The molecule has 0 aromatic heterocycles. The summed E-state index contributed by atoms with van der Waals surface area (Å²) >= 11 is 5.77. The number of anilines is 1. The highest BCUT2D eigenvalue weighted by Crippen LogP contribution is 2.28. The molecule has 1 amide bonds. The van der Waals surface area contributed by atoms with E-state index in [1.807, 2.05) is 0 Å². The first-order valence-electron chi connectivity index (χ1n) is 9.64. The molecule has 0 spiro atoms. The lowest BCUT2D eigenvalue weighted by Crippen LogP contribution is -2.14. The Labute approximate surface area is 198 Å². The Balaban J connectivity index is 1.71. The second-order valence-electron chi connectivity index (χ2n) is 6.73. The van der Waals surface area contributed by atoms with Crippen molar-refractivity contribution in [3.8, 4) is 17.6 Å². The van der Waals surface area contributed by atoms with Crippen molar-refractivity contribution < 1.29 is 24.0 Å². The molecule has 9 nitrogen and oxygen atoms in total. The minimum Gasteiger partial charge on any atom is -0.497 e. The highest BCUT2D eigenvalue weighted by atomic mass is 35.5. The number of hydrogen-bond donors (Lipinski definition) is 1. The number of nitro benzene ring substituents is 1. The average Bonchev–Trinajstić information content (AvgIpc) is 2.84. The lowest BCUT2D eigenvalue weighted by Gasteiger charge is -2.07. The number of nitro groups is 1. The zero-order chi connectivity index (χ0) is 24.7. The Morgan fingerprint density at radius 3 is 2.29 bits per heavy atom. The van der Waals surface area contributed by atoms with Crippen LogP contribution in [0.1, 0.15) is 15.9 Å². The lowest BCUT2D eigenvalue weighted by atomic mass is 10.1. The summed E-state index contributed by atoms with van der Waals surface area (Å²) in [7, 11) is 1.52. The number of carbonyl (C=O) groups is 2. The molecule has 0 bridgehead atoms. The Kier molecular flexibility index (Phi) is 7.59. The number of esters is 1. The predicted molar refractivity (Wildman–Crippen MR) is 125 cm³/mol. The average molecular weight is 478 g/mol. The number of nitriles is 1. The van der Waals surface area contributed by atoms with Crippen LogP contribution >= 0.6 is 11.6 Å². The molecular weight excluding hydrogens is 462 g/mol. The van der Waals surface area contributed by atoms with Crippen molar-refractivity contribution >= 4 is 40.9 Å². The molecule has 0 atom stereocenters. The van der Waals surface area contributed by atoms with Crippen LogP contribution in [0, 0.1) is 21.4 Å². The van der Waals surface area contributed by atoms with Crippen LogP contribution in [-0.2, 0) is 4.79 Å². The maximum atomic E-state index is 12.5. The highest BCUT2D eigenvalue weighted by molar-refractivity contribution is 6.31. The van der Waals surface area contributed by atoms with Crippen LogP contribution in [-0.4, -0.2) is 23.9 Å². The van der Waals surface area contributed by atoms with Gasteiger partial charge in [0.15, 0.2) is 0 Å². The molecule has 10 heteroatoms. The minimum atomic E-state index is -0.831. The van der Waals surface area contributed by atoms with Crippen LogP contribution in [0.4, 0.5) is 11.4 Å². The number of rotatable bonds is 7. The van der Waals surface area contributed by atoms with Crippen molar-refractivity contribution in [2.45, 2.75) is 0 Å². The number of nitrogens with zero attached hydrogens (tertiary/aromatic N) is 2. The van der Waals surface area contributed by atoms with Gasteiger partial charge in [-0.3, -0.25) is 14.9 Å². The van der Waals surface area contributed by atoms with Crippen molar-refractivity contribution in [2.24, 2.45) is 0 Å². The zero-order valence-corrected chi connectivity index (χ0v) is 18.4. The lowest BCUT2D eigenvalue weighted by molar-refractivity contribution is -0.383. The van der Waals surface area contributed by atoms with Gasteiger partial charge in [-0.15, -0.1) is 0 Å². The zero-order valence-electron chi connectivity index (χ0n) is 17.7. The van der Waals surface area contributed by atoms with Crippen LogP contribution in [0.5, 0.6) is 11.5 Å². The van der Waals surface area contributed by atoms with E-state index in [4.69, 9.17) is 21.1 Å². The third-order valence-corrected chi connectivity index (χ3v) is 4.73. The van der Waals surface area contributed by atoms with Crippen molar-refractivity contribution in [1.29, 1.82) is 5.26 Å². The molecule has 0 fully saturated rings. The van der Waals surface area contributed by atoms with Gasteiger partial charge in [-0.25, -0.2) is 4.79 Å². The van der Waals surface area contributed by atoms with E-state index in [9.17, 15) is 25.0 Å². The molecule has 3 rings (SSSR count). The van der Waals surface area contributed by atoms with E-state index in [0.29, 0.717) is 16.9 Å². The summed E-state index contributed by atoms with van der Waals surface area (Å²) in [4.78, 5) is 35.2. The van der Waals surface area contributed by atoms with Crippen LogP contribution < -0.4 is 14.8 Å². The first-order chi connectivity index (χ1) is 16.3. The summed E-state index contributed by atoms with van der Waals surface area (Å²) in [6.07, 6.45) is 1.30. The summed E-state index contributed by atoms with van der Waals surface area (Å²) in [5.41, 5.74) is 0.0285. The van der Waals surface area contributed by atoms with Crippen LogP contribution in [0.15, 0.2) is 72.3 Å². The number of carbonyl (C=O) groups excluding carboxylic acids is 2. The normalized spacial score (nSPS) is 10.7. The van der Waals surface area contributed by atoms with Crippen molar-refractivity contribution in [1.82, 2.24) is 0 Å². The van der Waals surface area contributed by atoms with E-state index in [1.54, 1.807) is 42.5 Å². The fraction of sp³-hybridized carbons (Fsp3) is 0.0417. The minimum absolute atomic E-state index is 0.0960. The molecule has 0 saturated carbocycles. The standard InChI is InChI=1S/C24H16ClN3O6/c1-33-19-9-4-16(5-10-19)24(30)34-20-7-2-15(3-8-20)12-17(14-26)23(29)27-21-11-6-18(25)13-22(21)28(31)32/h2-13H,1H3,(H,27,29). The van der Waals surface area contributed by atoms with Gasteiger partial charge < -0.3 is 14.8 Å². The monoisotopic (exact) mass is 477 g/mol. The van der Waals surface area contributed by atoms with Crippen LogP contribution in [0.25, 0.3) is 6.08 Å². The number of amides is 1. The molecule has 0 unspecified atom stereocenters. The van der Waals surface area contributed by atoms with Crippen molar-refractivity contribution in [3.05, 3.63) is 98.6 Å². The summed E-state index contributed by atoms with van der Waals surface area (Å²) in [5, 5.41) is 23.0. The van der Waals surface area contributed by atoms with Crippen molar-refractivity contribution in [2.75, 3.05) is 12.4 Å². The first kappa shape index (κ1) is 24.0. The largest absolute Gasteiger partial charge is 0.497 e. The molecule has 0 heterocycles. The van der Waals surface area contributed by atoms with E-state index in [1.165, 1.54) is 37.5 Å². The van der Waals surface area contributed by atoms with Gasteiger partial charge in [0.05, 0.1) is 17.6 Å². The van der Waals surface area contributed by atoms with Gasteiger partial charge in [0.2, 0.25) is 0 Å². The van der Waals surface area contributed by atoms with Gasteiger partial charge in [0.25, 0.3) is 11.6 Å². The SMILES string of the molecule is COc1ccc(C(=O)Oc2ccc(C=C(C#N)C(=O)Nc3ccc(Cl)cc3[N+](=O)[O-])cc2)cc1. The van der Waals surface area contributed by atoms with E-state index >= 15 is 0 Å². The third-order valence-electron chi connectivity index (χ3n) is 4.50. The molecule has 3 aromatic carbocycles. The van der Waals surface area contributed by atoms with Crippen molar-refractivity contribution in [3.63, 3.8) is 0 Å². The number of methoxy groups -OCH3 is 1. The Bertz CT molecular complexity index is 1310. The van der Waals surface area contributed by atoms with E-state index in [2.05, 4.69) is 5.32 Å². The number of hydrogen-bond acceptors (Lipinski definition) is 7. The molecule has 0 aliphatic heterocycles. The topological polar surface area (TPSA) is 132 Å². The summed E-state index contributed by atoms with van der Waals surface area (Å²) in [6, 6.07) is 18.0. The van der Waals surface area contributed by atoms with Gasteiger partial charge in [-0.05, 0) is 60.2 Å². The summed E-state index contributed by atoms with van der Waals surface area (Å²) < 4.78 is 10.4. The Morgan fingerprint density at radius 2 is 1.71 bits per heavy atom. The number of nitrogens with one attached hydrogen (secondary N) is 1. The smallest absolute Gasteiger partial charge is 0.343 e. The fourth-order valence-corrected chi connectivity index (χ4v) is 2.96. The third kappa shape index (κ3) is 5.97. The van der Waals surface area contributed by atoms with Crippen LogP contribution in [0.2, 0.25) is 5.02 Å². The maximum Gasteiger partial charge on any atom is 0.343 e. The summed E-state index contributed by atoms with van der Waals surface area (Å²) in [6.45, 7) is 0. The molecular formula is C24H16ClN3O6. The second-order valence-corrected chi connectivity index (χ2v) is 7.17. The Morgan fingerprint density at radius 1 is 1.06 bits per heavy atom. The number of ether oxygens (including phenoxy) is 2. The Hall–Kier alpha value is -4.68. The second kappa shape index (κ2) is 10.8. The molecule has 1 N–H and O–H groups in total. The van der Waals surface area contributed by atoms with Gasteiger partial charge in [0, 0.05) is 11.1 Å². The molecule has 34 heavy (non-hydrogen) atoms. The first-order valence-corrected chi connectivity index (χ1v) is 10.0. The number of halogens is 1.